The first-order valence-electron chi connectivity index (χ1n) is 4.51. The first-order chi connectivity index (χ1) is 7.20. The van der Waals surface area contributed by atoms with Crippen LogP contribution in [0, 0.1) is 6.92 Å². The summed E-state index contributed by atoms with van der Waals surface area (Å²) in [6.07, 6.45) is 0. The van der Waals surface area contributed by atoms with Gasteiger partial charge in [-0.1, -0.05) is 11.6 Å². The summed E-state index contributed by atoms with van der Waals surface area (Å²) in [5.74, 6) is 0.745. The normalized spacial score (nSPS) is 10.9. The Hall–Kier alpha value is -0.840. The lowest BCUT2D eigenvalue weighted by molar-refractivity contribution is 0.201. The molecule has 0 amide bonds. The highest BCUT2D eigenvalue weighted by molar-refractivity contribution is 7.22. The van der Waals surface area contributed by atoms with Crippen LogP contribution in [0.3, 0.4) is 0 Å². The molecule has 0 atom stereocenters. The molecule has 0 unspecified atom stereocenters. The van der Waals surface area contributed by atoms with Crippen LogP contribution >= 0.6 is 22.9 Å². The fourth-order valence-corrected chi connectivity index (χ4v) is 2.52. The average Bonchev–Trinajstić information content (AvgIpc) is 2.56. The van der Waals surface area contributed by atoms with E-state index >= 15 is 0 Å². The van der Waals surface area contributed by atoms with E-state index in [9.17, 15) is 0 Å². The standard InChI is InChI=1S/C10H10ClNO2S/c1-6-4-7(14-3-2-13)5-8-9(6)12-10(11)15-8/h4-5,13H,2-3H2,1H3. The summed E-state index contributed by atoms with van der Waals surface area (Å²) in [6.45, 7) is 2.28. The van der Waals surface area contributed by atoms with Crippen LogP contribution in [-0.4, -0.2) is 23.3 Å². The van der Waals surface area contributed by atoms with E-state index in [1.165, 1.54) is 11.3 Å². The molecule has 2 aromatic rings. The zero-order chi connectivity index (χ0) is 10.8. The number of aliphatic hydroxyl groups is 1. The van der Waals surface area contributed by atoms with Gasteiger partial charge in [0.2, 0.25) is 0 Å². The minimum absolute atomic E-state index is 0.0144. The predicted octanol–water partition coefficient (Wildman–Crippen LogP) is 2.63. The van der Waals surface area contributed by atoms with Crippen molar-refractivity contribution in [1.82, 2.24) is 4.98 Å². The molecular formula is C10H10ClNO2S. The molecule has 2 rings (SSSR count). The Labute approximate surface area is 96.3 Å². The van der Waals surface area contributed by atoms with E-state index in [-0.39, 0.29) is 6.61 Å². The van der Waals surface area contributed by atoms with Crippen LogP contribution in [0.15, 0.2) is 12.1 Å². The van der Waals surface area contributed by atoms with E-state index in [1.807, 2.05) is 19.1 Å². The van der Waals surface area contributed by atoms with Gasteiger partial charge in [0.15, 0.2) is 4.47 Å². The van der Waals surface area contributed by atoms with Gasteiger partial charge in [-0.05, 0) is 24.6 Å². The quantitative estimate of drug-likeness (QED) is 0.901. The molecule has 3 nitrogen and oxygen atoms in total. The van der Waals surface area contributed by atoms with Crippen LogP contribution in [0.1, 0.15) is 5.56 Å². The molecule has 15 heavy (non-hydrogen) atoms. The van der Waals surface area contributed by atoms with E-state index in [1.54, 1.807) is 0 Å². The fourth-order valence-electron chi connectivity index (χ4n) is 1.38. The van der Waals surface area contributed by atoms with Crippen molar-refractivity contribution >= 4 is 33.2 Å². The lowest BCUT2D eigenvalue weighted by Gasteiger charge is -2.05. The zero-order valence-electron chi connectivity index (χ0n) is 8.16. The maximum absolute atomic E-state index is 8.66. The molecule has 0 fully saturated rings. The summed E-state index contributed by atoms with van der Waals surface area (Å²) in [6, 6.07) is 3.79. The number of aromatic nitrogens is 1. The van der Waals surface area contributed by atoms with Crippen LogP contribution < -0.4 is 4.74 Å². The van der Waals surface area contributed by atoms with Gasteiger partial charge in [-0.15, -0.1) is 11.3 Å². The molecule has 5 heteroatoms. The van der Waals surface area contributed by atoms with Crippen molar-refractivity contribution in [2.75, 3.05) is 13.2 Å². The van der Waals surface area contributed by atoms with Crippen molar-refractivity contribution in [3.05, 3.63) is 22.2 Å². The minimum atomic E-state index is 0.0144. The average molecular weight is 244 g/mol. The van der Waals surface area contributed by atoms with Crippen LogP contribution in [-0.2, 0) is 0 Å². The van der Waals surface area contributed by atoms with Crippen molar-refractivity contribution in [3.8, 4) is 5.75 Å². The Balaban J connectivity index is 2.42. The van der Waals surface area contributed by atoms with Crippen LogP contribution in [0.5, 0.6) is 5.75 Å². The molecule has 1 aromatic carbocycles. The van der Waals surface area contributed by atoms with Crippen molar-refractivity contribution in [1.29, 1.82) is 0 Å². The number of hydrogen-bond acceptors (Lipinski definition) is 4. The smallest absolute Gasteiger partial charge is 0.184 e. The highest BCUT2D eigenvalue weighted by Gasteiger charge is 2.07. The summed E-state index contributed by atoms with van der Waals surface area (Å²) < 4.78 is 6.88. The van der Waals surface area contributed by atoms with Gasteiger partial charge in [-0.25, -0.2) is 4.98 Å². The summed E-state index contributed by atoms with van der Waals surface area (Å²) in [4.78, 5) is 4.21. The largest absolute Gasteiger partial charge is 0.491 e. The van der Waals surface area contributed by atoms with Gasteiger partial charge < -0.3 is 9.84 Å². The molecule has 0 aliphatic rings. The topological polar surface area (TPSA) is 42.4 Å². The molecule has 0 bridgehead atoms. The number of fused-ring (bicyclic) bond motifs is 1. The third-order valence-corrected chi connectivity index (χ3v) is 3.10. The third-order valence-electron chi connectivity index (χ3n) is 1.99. The molecule has 0 saturated carbocycles. The SMILES string of the molecule is Cc1cc(OCCO)cc2sc(Cl)nc12. The highest BCUT2D eigenvalue weighted by atomic mass is 35.5. The molecule has 0 saturated heterocycles. The van der Waals surface area contributed by atoms with Gasteiger partial charge >= 0.3 is 0 Å². The molecule has 1 heterocycles. The van der Waals surface area contributed by atoms with Crippen LogP contribution in [0.4, 0.5) is 0 Å². The van der Waals surface area contributed by atoms with E-state index in [4.69, 9.17) is 21.4 Å². The van der Waals surface area contributed by atoms with Gasteiger partial charge in [0.25, 0.3) is 0 Å². The molecule has 1 N–H and O–H groups in total. The first kappa shape index (κ1) is 10.7. The molecule has 0 aliphatic heterocycles. The number of aryl methyl sites for hydroxylation is 1. The Morgan fingerprint density at radius 3 is 3.07 bits per heavy atom. The molecular weight excluding hydrogens is 234 g/mol. The monoisotopic (exact) mass is 243 g/mol. The Morgan fingerprint density at radius 2 is 2.33 bits per heavy atom. The van der Waals surface area contributed by atoms with Gasteiger partial charge in [-0.2, -0.15) is 0 Å². The number of ether oxygens (including phenoxy) is 1. The number of thiazole rings is 1. The number of aliphatic hydroxyl groups excluding tert-OH is 1. The van der Waals surface area contributed by atoms with E-state index in [2.05, 4.69) is 4.98 Å². The fraction of sp³-hybridized carbons (Fsp3) is 0.300. The Bertz CT molecular complexity index is 483. The second kappa shape index (κ2) is 4.35. The summed E-state index contributed by atoms with van der Waals surface area (Å²) >= 11 is 7.26. The molecule has 0 aliphatic carbocycles. The van der Waals surface area contributed by atoms with Crippen molar-refractivity contribution in [3.63, 3.8) is 0 Å². The van der Waals surface area contributed by atoms with Gasteiger partial charge in [-0.3, -0.25) is 0 Å². The second-order valence-electron chi connectivity index (χ2n) is 3.13. The maximum Gasteiger partial charge on any atom is 0.184 e. The molecule has 80 valence electrons. The zero-order valence-corrected chi connectivity index (χ0v) is 9.73. The summed E-state index contributed by atoms with van der Waals surface area (Å²) in [7, 11) is 0. The van der Waals surface area contributed by atoms with Crippen LogP contribution in [0.25, 0.3) is 10.2 Å². The van der Waals surface area contributed by atoms with Gasteiger partial charge in [0.05, 0.1) is 16.8 Å². The Kier molecular flexibility index (Phi) is 3.09. The summed E-state index contributed by atoms with van der Waals surface area (Å²) in [5, 5.41) is 8.66. The number of halogens is 1. The maximum atomic E-state index is 8.66. The van der Waals surface area contributed by atoms with E-state index in [0.29, 0.717) is 11.1 Å². The summed E-state index contributed by atoms with van der Waals surface area (Å²) in [5.41, 5.74) is 1.95. The third kappa shape index (κ3) is 2.22. The van der Waals surface area contributed by atoms with Crippen molar-refractivity contribution in [2.24, 2.45) is 0 Å². The molecule has 0 radical (unpaired) electrons. The minimum Gasteiger partial charge on any atom is -0.491 e. The van der Waals surface area contributed by atoms with Crippen LogP contribution in [0.2, 0.25) is 4.47 Å². The number of rotatable bonds is 3. The number of benzene rings is 1. The number of nitrogens with zero attached hydrogens (tertiary/aromatic N) is 1. The molecule has 0 spiro atoms. The number of hydrogen-bond donors (Lipinski definition) is 1. The van der Waals surface area contributed by atoms with Gasteiger partial charge in [0, 0.05) is 0 Å². The van der Waals surface area contributed by atoms with Crippen molar-refractivity contribution < 1.29 is 9.84 Å². The molecule has 1 aromatic heterocycles. The lowest BCUT2D eigenvalue weighted by Crippen LogP contribution is -2.01. The first-order valence-corrected chi connectivity index (χ1v) is 5.70. The highest BCUT2D eigenvalue weighted by Crippen LogP contribution is 2.31. The lowest BCUT2D eigenvalue weighted by atomic mass is 10.2. The van der Waals surface area contributed by atoms with E-state index in [0.717, 1.165) is 21.5 Å². The second-order valence-corrected chi connectivity index (χ2v) is 4.74. The van der Waals surface area contributed by atoms with Crippen molar-refractivity contribution in [2.45, 2.75) is 6.92 Å². The van der Waals surface area contributed by atoms with Gasteiger partial charge in [0.1, 0.15) is 12.4 Å². The predicted molar refractivity (Wildman–Crippen MR) is 61.9 cm³/mol. The Morgan fingerprint density at radius 1 is 1.53 bits per heavy atom. The van der Waals surface area contributed by atoms with E-state index < -0.39 is 0 Å².